The summed E-state index contributed by atoms with van der Waals surface area (Å²) in [5.74, 6) is 0. The van der Waals surface area contributed by atoms with E-state index in [0.717, 1.165) is 22.2 Å². The molecule has 2 aromatic carbocycles. The molecule has 1 fully saturated rings. The Morgan fingerprint density at radius 3 is 2.08 bits per heavy atom. The molecule has 25 heavy (non-hydrogen) atoms. The molecule has 130 valence electrons. The van der Waals surface area contributed by atoms with Crippen LogP contribution in [-0.2, 0) is 9.31 Å². The van der Waals surface area contributed by atoms with Gasteiger partial charge in [-0.05, 0) is 49.9 Å². The lowest BCUT2D eigenvalue weighted by Gasteiger charge is -2.32. The van der Waals surface area contributed by atoms with Crippen LogP contribution in [0.25, 0.3) is 17.2 Å². The van der Waals surface area contributed by atoms with Crippen molar-refractivity contribution >= 4 is 13.2 Å². The Balaban J connectivity index is 1.97. The van der Waals surface area contributed by atoms with Gasteiger partial charge in [0, 0.05) is 0 Å². The highest BCUT2D eigenvalue weighted by molar-refractivity contribution is 6.55. The zero-order valence-electron chi connectivity index (χ0n) is 15.3. The van der Waals surface area contributed by atoms with Crippen LogP contribution in [0.5, 0.6) is 0 Å². The van der Waals surface area contributed by atoms with Crippen LogP contribution in [-0.4, -0.2) is 30.0 Å². The van der Waals surface area contributed by atoms with Gasteiger partial charge in [-0.15, -0.1) is 0 Å². The van der Waals surface area contributed by atoms with Crippen LogP contribution in [0.2, 0.25) is 0 Å². The number of hydrogen-bond donors (Lipinski definition) is 1. The van der Waals surface area contributed by atoms with Crippen molar-refractivity contribution in [3.8, 4) is 11.1 Å². The first-order valence-corrected chi connectivity index (χ1v) is 8.65. The summed E-state index contributed by atoms with van der Waals surface area (Å²) >= 11 is 0. The first kappa shape index (κ1) is 17.9. The largest absolute Gasteiger partial charge is 0.492 e. The normalized spacial score (nSPS) is 19.2. The number of aliphatic hydroxyl groups is 1. The molecule has 1 saturated heterocycles. The SMILES string of the molecule is CC1(C)OB(C(=Cc2ccccc2-c2ccccc2)CO)OC1(C)C. The van der Waals surface area contributed by atoms with E-state index in [9.17, 15) is 5.11 Å². The summed E-state index contributed by atoms with van der Waals surface area (Å²) in [6.07, 6.45) is 1.98. The van der Waals surface area contributed by atoms with Crippen LogP contribution in [0.4, 0.5) is 0 Å². The zero-order valence-corrected chi connectivity index (χ0v) is 15.3. The summed E-state index contributed by atoms with van der Waals surface area (Å²) in [6.45, 7) is 7.94. The summed E-state index contributed by atoms with van der Waals surface area (Å²) in [4.78, 5) is 0. The minimum atomic E-state index is -0.543. The van der Waals surface area contributed by atoms with E-state index in [-0.39, 0.29) is 6.61 Å². The Morgan fingerprint density at radius 2 is 1.48 bits per heavy atom. The van der Waals surface area contributed by atoms with E-state index < -0.39 is 18.3 Å². The molecule has 0 saturated carbocycles. The fraction of sp³-hybridized carbons (Fsp3) is 0.333. The molecule has 1 N–H and O–H groups in total. The molecular formula is C21H25BO3. The molecule has 0 radical (unpaired) electrons. The average molecular weight is 336 g/mol. The van der Waals surface area contributed by atoms with E-state index in [0.29, 0.717) is 0 Å². The molecule has 3 rings (SSSR count). The second-order valence-corrected chi connectivity index (χ2v) is 7.42. The van der Waals surface area contributed by atoms with Crippen LogP contribution in [0.1, 0.15) is 33.3 Å². The second-order valence-electron chi connectivity index (χ2n) is 7.42. The second kappa shape index (κ2) is 6.79. The third-order valence-electron chi connectivity index (χ3n) is 5.13. The molecule has 4 heteroatoms. The highest BCUT2D eigenvalue weighted by atomic mass is 16.7. The van der Waals surface area contributed by atoms with Gasteiger partial charge in [-0.1, -0.05) is 60.7 Å². The van der Waals surface area contributed by atoms with Crippen molar-refractivity contribution < 1.29 is 14.4 Å². The van der Waals surface area contributed by atoms with Gasteiger partial charge >= 0.3 is 7.12 Å². The molecule has 0 aromatic heterocycles. The van der Waals surface area contributed by atoms with Crippen LogP contribution >= 0.6 is 0 Å². The molecule has 0 spiro atoms. The van der Waals surface area contributed by atoms with Gasteiger partial charge in [-0.2, -0.15) is 0 Å². The third kappa shape index (κ3) is 3.57. The Labute approximate surface area is 150 Å². The fourth-order valence-corrected chi connectivity index (χ4v) is 2.89. The lowest BCUT2D eigenvalue weighted by atomic mass is 9.77. The van der Waals surface area contributed by atoms with Crippen LogP contribution in [0, 0.1) is 0 Å². The fourth-order valence-electron chi connectivity index (χ4n) is 2.89. The Morgan fingerprint density at radius 1 is 0.920 bits per heavy atom. The molecule has 0 aliphatic carbocycles. The van der Waals surface area contributed by atoms with Crippen molar-refractivity contribution in [2.24, 2.45) is 0 Å². The molecule has 0 atom stereocenters. The molecular weight excluding hydrogens is 311 g/mol. The van der Waals surface area contributed by atoms with Crippen molar-refractivity contribution in [3.63, 3.8) is 0 Å². The minimum Gasteiger partial charge on any atom is -0.400 e. The molecule has 2 aromatic rings. The van der Waals surface area contributed by atoms with Gasteiger partial charge in [0.1, 0.15) is 0 Å². The topological polar surface area (TPSA) is 38.7 Å². The maximum atomic E-state index is 9.92. The number of benzene rings is 2. The molecule has 1 aliphatic heterocycles. The van der Waals surface area contributed by atoms with Gasteiger partial charge in [0.2, 0.25) is 0 Å². The average Bonchev–Trinajstić information content (AvgIpc) is 2.81. The smallest absolute Gasteiger partial charge is 0.400 e. The maximum Gasteiger partial charge on any atom is 0.492 e. The lowest BCUT2D eigenvalue weighted by molar-refractivity contribution is 0.00578. The molecule has 0 amide bonds. The zero-order chi connectivity index (χ0) is 18.1. The van der Waals surface area contributed by atoms with E-state index in [1.165, 1.54) is 0 Å². The predicted molar refractivity (Wildman–Crippen MR) is 103 cm³/mol. The first-order chi connectivity index (χ1) is 11.8. The summed E-state index contributed by atoms with van der Waals surface area (Å²) in [5.41, 5.74) is 3.16. The molecule has 0 unspecified atom stereocenters. The molecule has 1 heterocycles. The van der Waals surface area contributed by atoms with E-state index >= 15 is 0 Å². The van der Waals surface area contributed by atoms with E-state index in [1.807, 2.05) is 70.2 Å². The van der Waals surface area contributed by atoms with Crippen molar-refractivity contribution in [1.29, 1.82) is 0 Å². The Bertz CT molecular complexity index is 750. The van der Waals surface area contributed by atoms with Crippen molar-refractivity contribution in [1.82, 2.24) is 0 Å². The molecule has 3 nitrogen and oxygen atoms in total. The highest BCUT2D eigenvalue weighted by Crippen LogP contribution is 2.39. The van der Waals surface area contributed by atoms with Gasteiger partial charge < -0.3 is 14.4 Å². The number of rotatable bonds is 4. The van der Waals surface area contributed by atoms with Crippen LogP contribution in [0.3, 0.4) is 0 Å². The molecule has 1 aliphatic rings. The van der Waals surface area contributed by atoms with Crippen molar-refractivity contribution in [3.05, 3.63) is 65.6 Å². The Kier molecular flexibility index (Phi) is 4.87. The maximum absolute atomic E-state index is 9.92. The van der Waals surface area contributed by atoms with E-state index in [2.05, 4.69) is 18.2 Å². The Hall–Kier alpha value is -1.88. The van der Waals surface area contributed by atoms with Gasteiger partial charge in [0.05, 0.1) is 17.8 Å². The van der Waals surface area contributed by atoms with E-state index in [4.69, 9.17) is 9.31 Å². The van der Waals surface area contributed by atoms with Crippen LogP contribution in [0.15, 0.2) is 60.1 Å². The van der Waals surface area contributed by atoms with E-state index in [1.54, 1.807) is 0 Å². The molecule has 0 bridgehead atoms. The summed E-state index contributed by atoms with van der Waals surface area (Å²) in [5, 5.41) is 9.92. The summed E-state index contributed by atoms with van der Waals surface area (Å²) in [7, 11) is -0.543. The number of aliphatic hydroxyl groups excluding tert-OH is 1. The highest BCUT2D eigenvalue weighted by Gasteiger charge is 2.52. The lowest BCUT2D eigenvalue weighted by Crippen LogP contribution is -2.41. The van der Waals surface area contributed by atoms with Gasteiger partial charge in [0.25, 0.3) is 0 Å². The number of hydrogen-bond acceptors (Lipinski definition) is 3. The van der Waals surface area contributed by atoms with Gasteiger partial charge in [-0.25, -0.2) is 0 Å². The first-order valence-electron chi connectivity index (χ1n) is 8.65. The van der Waals surface area contributed by atoms with Crippen molar-refractivity contribution in [2.75, 3.05) is 6.61 Å². The summed E-state index contributed by atoms with van der Waals surface area (Å²) in [6, 6.07) is 18.4. The minimum absolute atomic E-state index is 0.111. The predicted octanol–water partition coefficient (Wildman–Crippen LogP) is 4.36. The quantitative estimate of drug-likeness (QED) is 0.843. The third-order valence-corrected chi connectivity index (χ3v) is 5.13. The monoisotopic (exact) mass is 336 g/mol. The van der Waals surface area contributed by atoms with Crippen molar-refractivity contribution in [2.45, 2.75) is 38.9 Å². The summed E-state index contributed by atoms with van der Waals surface area (Å²) < 4.78 is 12.2. The standard InChI is InChI=1S/C21H25BO3/c1-20(2)21(3,4)25-22(24-20)18(15-23)14-17-12-8-9-13-19(17)16-10-6-5-7-11-16/h5-14,23H,15H2,1-4H3. The van der Waals surface area contributed by atoms with Crippen LogP contribution < -0.4 is 0 Å². The van der Waals surface area contributed by atoms with Gasteiger partial charge in [0.15, 0.2) is 0 Å². The van der Waals surface area contributed by atoms with Gasteiger partial charge in [-0.3, -0.25) is 0 Å².